The second-order valence-electron chi connectivity index (χ2n) is 4.50. The highest BCUT2D eigenvalue weighted by molar-refractivity contribution is 7.89. The van der Waals surface area contributed by atoms with Crippen molar-refractivity contribution in [3.8, 4) is 0 Å². The molecule has 2 N–H and O–H groups in total. The third kappa shape index (κ3) is 2.97. The van der Waals surface area contributed by atoms with Gasteiger partial charge in [0.15, 0.2) is 0 Å². The lowest BCUT2D eigenvalue weighted by atomic mass is 10.3. The minimum Gasteiger partial charge on any atom is -0.399 e. The van der Waals surface area contributed by atoms with Crippen LogP contribution in [-0.4, -0.2) is 29.6 Å². The van der Waals surface area contributed by atoms with E-state index in [0.717, 1.165) is 22.0 Å². The Balaban J connectivity index is 2.29. The molecule has 0 radical (unpaired) electrons. The summed E-state index contributed by atoms with van der Waals surface area (Å²) < 4.78 is 40.6. The van der Waals surface area contributed by atoms with Crippen molar-refractivity contribution in [2.45, 2.75) is 11.4 Å². The Morgan fingerprint density at radius 1 is 1.40 bits per heavy atom. The van der Waals surface area contributed by atoms with Gasteiger partial charge in [0.2, 0.25) is 10.0 Å². The number of anilines is 1. The number of hydrogen-bond acceptors (Lipinski definition) is 4. The highest BCUT2D eigenvalue weighted by Gasteiger charge is 2.22. The van der Waals surface area contributed by atoms with Gasteiger partial charge in [-0.1, -0.05) is 0 Å². The minimum absolute atomic E-state index is 0.0679. The standard InChI is InChI=1S/C12H15FN4O2S/c1-16-7-9(6-15-16)8-17(2)20(18,19)12-4-10(13)3-11(14)5-12/h3-7H,8,14H2,1-2H3. The van der Waals surface area contributed by atoms with Gasteiger partial charge in [0.25, 0.3) is 0 Å². The molecule has 6 nitrogen and oxygen atoms in total. The summed E-state index contributed by atoms with van der Waals surface area (Å²) in [5.74, 6) is -0.682. The summed E-state index contributed by atoms with van der Waals surface area (Å²) in [4.78, 5) is -0.165. The summed E-state index contributed by atoms with van der Waals surface area (Å²) >= 11 is 0. The van der Waals surface area contributed by atoms with Crippen LogP contribution < -0.4 is 5.73 Å². The first-order chi connectivity index (χ1) is 9.29. The van der Waals surface area contributed by atoms with E-state index in [9.17, 15) is 12.8 Å². The minimum atomic E-state index is -3.80. The molecule has 8 heteroatoms. The van der Waals surface area contributed by atoms with E-state index in [2.05, 4.69) is 5.10 Å². The molecular formula is C12H15FN4O2S. The third-order valence-corrected chi connectivity index (χ3v) is 4.55. The molecule has 0 aliphatic rings. The van der Waals surface area contributed by atoms with Gasteiger partial charge in [-0.25, -0.2) is 12.8 Å². The van der Waals surface area contributed by atoms with Crippen molar-refractivity contribution < 1.29 is 12.8 Å². The monoisotopic (exact) mass is 298 g/mol. The zero-order chi connectivity index (χ0) is 14.9. The second-order valence-corrected chi connectivity index (χ2v) is 6.55. The summed E-state index contributed by atoms with van der Waals surface area (Å²) in [6, 6.07) is 3.25. The van der Waals surface area contributed by atoms with Crippen LogP contribution in [0.4, 0.5) is 10.1 Å². The maximum absolute atomic E-state index is 13.3. The zero-order valence-corrected chi connectivity index (χ0v) is 11.9. The fourth-order valence-corrected chi connectivity index (χ4v) is 3.03. The van der Waals surface area contributed by atoms with E-state index >= 15 is 0 Å². The van der Waals surface area contributed by atoms with Crippen LogP contribution in [0.5, 0.6) is 0 Å². The maximum atomic E-state index is 13.3. The number of aromatic nitrogens is 2. The Morgan fingerprint density at radius 2 is 2.10 bits per heavy atom. The molecule has 108 valence electrons. The largest absolute Gasteiger partial charge is 0.399 e. The number of sulfonamides is 1. The lowest BCUT2D eigenvalue weighted by Crippen LogP contribution is -2.26. The van der Waals surface area contributed by atoms with E-state index in [1.807, 2.05) is 0 Å². The highest BCUT2D eigenvalue weighted by atomic mass is 32.2. The van der Waals surface area contributed by atoms with Crippen LogP contribution in [0.1, 0.15) is 5.56 Å². The molecule has 0 aliphatic carbocycles. The Kier molecular flexibility index (Phi) is 3.78. The normalized spacial score (nSPS) is 12.0. The lowest BCUT2D eigenvalue weighted by Gasteiger charge is -2.16. The van der Waals surface area contributed by atoms with Crippen molar-refractivity contribution in [2.24, 2.45) is 7.05 Å². The van der Waals surface area contributed by atoms with Gasteiger partial charge in [-0.3, -0.25) is 4.68 Å². The summed E-state index contributed by atoms with van der Waals surface area (Å²) in [6.07, 6.45) is 3.29. The Bertz CT molecular complexity index is 707. The molecule has 0 spiro atoms. The Morgan fingerprint density at radius 3 is 2.65 bits per heavy atom. The Hall–Kier alpha value is -1.93. The van der Waals surface area contributed by atoms with Crippen LogP contribution in [-0.2, 0) is 23.6 Å². The molecule has 0 atom stereocenters. The molecule has 1 aromatic carbocycles. The van der Waals surface area contributed by atoms with Gasteiger partial charge in [0.1, 0.15) is 5.82 Å². The number of nitrogen functional groups attached to an aromatic ring is 1. The van der Waals surface area contributed by atoms with Gasteiger partial charge >= 0.3 is 0 Å². The predicted octanol–water partition coefficient (Wildman–Crippen LogP) is 0.962. The van der Waals surface area contributed by atoms with Crippen LogP contribution in [0.15, 0.2) is 35.5 Å². The van der Waals surface area contributed by atoms with Gasteiger partial charge in [-0.2, -0.15) is 9.40 Å². The van der Waals surface area contributed by atoms with Crippen molar-refractivity contribution >= 4 is 15.7 Å². The average molecular weight is 298 g/mol. The fraction of sp³-hybridized carbons (Fsp3) is 0.250. The van der Waals surface area contributed by atoms with E-state index in [1.54, 1.807) is 24.1 Å². The molecule has 2 rings (SSSR count). The third-order valence-electron chi connectivity index (χ3n) is 2.77. The highest BCUT2D eigenvalue weighted by Crippen LogP contribution is 2.20. The fourth-order valence-electron chi connectivity index (χ4n) is 1.81. The molecule has 20 heavy (non-hydrogen) atoms. The summed E-state index contributed by atoms with van der Waals surface area (Å²) in [5.41, 5.74) is 6.28. The van der Waals surface area contributed by atoms with Crippen molar-refractivity contribution in [2.75, 3.05) is 12.8 Å². The Labute approximate surface area is 116 Å². The van der Waals surface area contributed by atoms with Crippen molar-refractivity contribution in [1.82, 2.24) is 14.1 Å². The summed E-state index contributed by atoms with van der Waals surface area (Å²) in [6.45, 7) is 0.145. The predicted molar refractivity (Wildman–Crippen MR) is 72.7 cm³/mol. The van der Waals surface area contributed by atoms with Crippen LogP contribution in [0.25, 0.3) is 0 Å². The quantitative estimate of drug-likeness (QED) is 0.853. The first-order valence-corrected chi connectivity index (χ1v) is 7.23. The average Bonchev–Trinajstić information content (AvgIpc) is 2.73. The van der Waals surface area contributed by atoms with Crippen molar-refractivity contribution in [3.05, 3.63) is 42.0 Å². The number of hydrogen-bond donors (Lipinski definition) is 1. The topological polar surface area (TPSA) is 81.2 Å². The number of nitrogens with zero attached hydrogens (tertiary/aromatic N) is 3. The summed E-state index contributed by atoms with van der Waals surface area (Å²) in [7, 11) is -0.635. The van der Waals surface area contributed by atoms with E-state index < -0.39 is 15.8 Å². The van der Waals surface area contributed by atoms with E-state index in [4.69, 9.17) is 5.73 Å². The maximum Gasteiger partial charge on any atom is 0.243 e. The molecule has 0 amide bonds. The summed E-state index contributed by atoms with van der Waals surface area (Å²) in [5, 5.41) is 3.97. The lowest BCUT2D eigenvalue weighted by molar-refractivity contribution is 0.466. The van der Waals surface area contributed by atoms with Gasteiger partial charge in [-0.05, 0) is 18.2 Å². The molecule has 1 aromatic heterocycles. The molecule has 1 heterocycles. The smallest absolute Gasteiger partial charge is 0.243 e. The van der Waals surface area contributed by atoms with Gasteiger partial charge in [-0.15, -0.1) is 0 Å². The number of halogens is 1. The molecule has 0 fully saturated rings. The van der Waals surface area contributed by atoms with Crippen molar-refractivity contribution in [1.29, 1.82) is 0 Å². The van der Waals surface area contributed by atoms with Gasteiger partial charge in [0, 0.05) is 38.1 Å². The number of rotatable bonds is 4. The molecule has 0 bridgehead atoms. The van der Waals surface area contributed by atoms with E-state index in [0.29, 0.717) is 0 Å². The van der Waals surface area contributed by atoms with Gasteiger partial charge in [0.05, 0.1) is 11.1 Å². The number of nitrogens with two attached hydrogens (primary N) is 1. The molecule has 0 unspecified atom stereocenters. The van der Waals surface area contributed by atoms with Crippen LogP contribution in [0, 0.1) is 5.82 Å². The van der Waals surface area contributed by atoms with E-state index in [1.165, 1.54) is 13.1 Å². The molecular weight excluding hydrogens is 283 g/mol. The number of aryl methyl sites for hydroxylation is 1. The van der Waals surface area contributed by atoms with Crippen LogP contribution in [0.3, 0.4) is 0 Å². The van der Waals surface area contributed by atoms with Crippen LogP contribution in [0.2, 0.25) is 0 Å². The first-order valence-electron chi connectivity index (χ1n) is 5.79. The molecule has 0 saturated heterocycles. The van der Waals surface area contributed by atoms with E-state index in [-0.39, 0.29) is 17.1 Å². The zero-order valence-electron chi connectivity index (χ0n) is 11.1. The molecule has 0 aliphatic heterocycles. The first kappa shape index (κ1) is 14.5. The van der Waals surface area contributed by atoms with Crippen molar-refractivity contribution in [3.63, 3.8) is 0 Å². The number of benzene rings is 1. The molecule has 0 saturated carbocycles. The van der Waals surface area contributed by atoms with Crippen LogP contribution >= 0.6 is 0 Å². The SMILES string of the molecule is CN(Cc1cnn(C)c1)S(=O)(=O)c1cc(N)cc(F)c1. The molecule has 2 aromatic rings. The second kappa shape index (κ2) is 5.22. The van der Waals surface area contributed by atoms with Gasteiger partial charge < -0.3 is 5.73 Å².